The molecule has 1 aliphatic heterocycles. The van der Waals surface area contributed by atoms with Gasteiger partial charge in [0.05, 0.1) is 28.9 Å². The van der Waals surface area contributed by atoms with E-state index in [1.807, 2.05) is 24.3 Å². The summed E-state index contributed by atoms with van der Waals surface area (Å²) in [6, 6.07) is 13.3. The molecule has 0 spiro atoms. The molecule has 0 aliphatic carbocycles. The van der Waals surface area contributed by atoms with Gasteiger partial charge in [-0.3, -0.25) is 4.79 Å². The summed E-state index contributed by atoms with van der Waals surface area (Å²) in [6.45, 7) is 0. The lowest BCUT2D eigenvalue weighted by molar-refractivity contribution is -0.120. The summed E-state index contributed by atoms with van der Waals surface area (Å²) in [5.41, 5.74) is 1.48. The van der Waals surface area contributed by atoms with E-state index >= 15 is 0 Å². The summed E-state index contributed by atoms with van der Waals surface area (Å²) in [7, 11) is 0. The lowest BCUT2D eigenvalue weighted by atomic mass is 9.92. The molecule has 2 heterocycles. The van der Waals surface area contributed by atoms with E-state index < -0.39 is 0 Å². The highest BCUT2D eigenvalue weighted by Gasteiger charge is 2.31. The zero-order chi connectivity index (χ0) is 16.2. The van der Waals surface area contributed by atoms with Gasteiger partial charge in [-0.15, -0.1) is 11.8 Å². The van der Waals surface area contributed by atoms with Gasteiger partial charge < -0.3 is 9.73 Å². The Morgan fingerprint density at radius 3 is 2.87 bits per heavy atom. The fraction of sp³-hybridized carbons (Fsp3) is 0.176. The molecule has 1 aromatic heterocycles. The quantitative estimate of drug-likeness (QED) is 0.902. The molecular weight excluding hydrogens is 332 g/mol. The van der Waals surface area contributed by atoms with E-state index in [9.17, 15) is 10.1 Å². The van der Waals surface area contributed by atoms with Crippen molar-refractivity contribution in [2.24, 2.45) is 0 Å². The Morgan fingerprint density at radius 1 is 1.35 bits per heavy atom. The number of nitrogens with zero attached hydrogens (tertiary/aromatic N) is 1. The van der Waals surface area contributed by atoms with Crippen LogP contribution in [0.15, 0.2) is 57.7 Å². The molecule has 1 aliphatic rings. The highest BCUT2D eigenvalue weighted by Crippen LogP contribution is 2.37. The molecule has 0 bridgehead atoms. The third-order valence-corrected chi connectivity index (χ3v) is 5.01. The van der Waals surface area contributed by atoms with Crippen molar-refractivity contribution in [1.82, 2.24) is 5.32 Å². The fourth-order valence-corrected chi connectivity index (χ4v) is 3.79. The van der Waals surface area contributed by atoms with Gasteiger partial charge in [0, 0.05) is 17.2 Å². The van der Waals surface area contributed by atoms with Crippen LogP contribution in [0.3, 0.4) is 0 Å². The average molecular weight is 345 g/mol. The number of rotatable bonds is 4. The maximum atomic E-state index is 12.0. The fourth-order valence-electron chi connectivity index (χ4n) is 2.43. The highest BCUT2D eigenvalue weighted by atomic mass is 35.5. The van der Waals surface area contributed by atoms with Gasteiger partial charge in [-0.25, -0.2) is 0 Å². The molecule has 1 amide bonds. The molecule has 4 nitrogen and oxygen atoms in total. The molecule has 6 heteroatoms. The number of nitriles is 1. The smallest absolute Gasteiger partial charge is 0.225 e. The number of nitrogens with one attached hydrogen (secondary N) is 1. The monoisotopic (exact) mass is 344 g/mol. The Bertz CT molecular complexity index is 793. The molecular formula is C17H13ClN2O2S. The van der Waals surface area contributed by atoms with E-state index in [2.05, 4.69) is 11.4 Å². The molecule has 116 valence electrons. The van der Waals surface area contributed by atoms with Gasteiger partial charge in [-0.2, -0.15) is 5.26 Å². The van der Waals surface area contributed by atoms with Crippen molar-refractivity contribution < 1.29 is 9.21 Å². The molecule has 1 N–H and O–H groups in total. The number of hydrogen-bond donors (Lipinski definition) is 1. The maximum Gasteiger partial charge on any atom is 0.225 e. The lowest BCUT2D eigenvalue weighted by Gasteiger charge is -2.23. The van der Waals surface area contributed by atoms with Gasteiger partial charge in [0.25, 0.3) is 0 Å². The summed E-state index contributed by atoms with van der Waals surface area (Å²) in [5, 5.41) is 13.6. The number of allylic oxidation sites excluding steroid dienone is 1. The van der Waals surface area contributed by atoms with Crippen molar-refractivity contribution in [2.75, 3.05) is 0 Å². The molecule has 0 radical (unpaired) electrons. The van der Waals surface area contributed by atoms with Crippen LogP contribution in [0.1, 0.15) is 23.7 Å². The Hall–Kier alpha value is -2.16. The number of furan rings is 1. The molecule has 1 aromatic carbocycles. The van der Waals surface area contributed by atoms with Crippen molar-refractivity contribution in [3.63, 3.8) is 0 Å². The van der Waals surface area contributed by atoms with E-state index in [1.54, 1.807) is 18.4 Å². The first-order chi connectivity index (χ1) is 11.2. The van der Waals surface area contributed by atoms with Gasteiger partial charge in [0.15, 0.2) is 0 Å². The van der Waals surface area contributed by atoms with E-state index in [0.29, 0.717) is 27.1 Å². The van der Waals surface area contributed by atoms with Gasteiger partial charge >= 0.3 is 0 Å². The van der Waals surface area contributed by atoms with Crippen LogP contribution in [0.4, 0.5) is 0 Å². The second kappa shape index (κ2) is 6.95. The standard InChI is InChI=1S/C17H13ClN2O2S/c18-14-5-2-1-4-11(14)10-23-17-13(9-19)12(8-16(21)20-17)15-6-3-7-22-15/h1-7,12H,8,10H2,(H,20,21)/t12-/m0/s1. The Kier molecular flexibility index (Phi) is 4.75. The van der Waals surface area contributed by atoms with Gasteiger partial charge in [-0.05, 0) is 23.8 Å². The molecule has 0 fully saturated rings. The average Bonchev–Trinajstić information content (AvgIpc) is 3.08. The SMILES string of the molecule is N#CC1=C(SCc2ccccc2Cl)NC(=O)C[C@@H]1c1ccco1. The second-order valence-corrected chi connectivity index (χ2v) is 6.45. The molecule has 2 aromatic rings. The molecule has 0 unspecified atom stereocenters. The summed E-state index contributed by atoms with van der Waals surface area (Å²) in [6.07, 6.45) is 1.76. The van der Waals surface area contributed by atoms with Crippen LogP contribution < -0.4 is 5.32 Å². The Balaban J connectivity index is 1.87. The molecule has 0 saturated heterocycles. The van der Waals surface area contributed by atoms with Crippen LogP contribution in [0.2, 0.25) is 5.02 Å². The van der Waals surface area contributed by atoms with Crippen molar-refractivity contribution in [3.05, 3.63) is 69.6 Å². The minimum absolute atomic E-state index is 0.118. The first-order valence-corrected chi connectivity index (χ1v) is 8.39. The number of carbonyl (C=O) groups excluding carboxylic acids is 1. The predicted octanol–water partition coefficient (Wildman–Crippen LogP) is 4.21. The normalized spacial score (nSPS) is 17.7. The van der Waals surface area contributed by atoms with Crippen molar-refractivity contribution in [3.8, 4) is 6.07 Å². The van der Waals surface area contributed by atoms with Crippen molar-refractivity contribution >= 4 is 29.3 Å². The topological polar surface area (TPSA) is 66.0 Å². The summed E-state index contributed by atoms with van der Waals surface area (Å²) < 4.78 is 5.39. The van der Waals surface area contributed by atoms with Gasteiger partial charge in [0.1, 0.15) is 5.76 Å². The van der Waals surface area contributed by atoms with E-state index in [1.165, 1.54) is 11.8 Å². The summed E-state index contributed by atoms with van der Waals surface area (Å²) in [5.74, 6) is 0.752. The number of halogens is 1. The van der Waals surface area contributed by atoms with Crippen LogP contribution >= 0.6 is 23.4 Å². The van der Waals surface area contributed by atoms with Crippen molar-refractivity contribution in [1.29, 1.82) is 5.26 Å². The Morgan fingerprint density at radius 2 is 2.17 bits per heavy atom. The highest BCUT2D eigenvalue weighted by molar-refractivity contribution is 8.02. The van der Waals surface area contributed by atoms with E-state index in [-0.39, 0.29) is 18.2 Å². The third-order valence-electron chi connectivity index (χ3n) is 3.57. The molecule has 3 rings (SSSR count). The van der Waals surface area contributed by atoms with Crippen LogP contribution in [0, 0.1) is 11.3 Å². The maximum absolute atomic E-state index is 12.0. The zero-order valence-electron chi connectivity index (χ0n) is 12.1. The molecule has 0 saturated carbocycles. The first-order valence-electron chi connectivity index (χ1n) is 7.02. The van der Waals surface area contributed by atoms with E-state index in [0.717, 1.165) is 5.56 Å². The number of benzene rings is 1. The van der Waals surface area contributed by atoms with Gasteiger partial charge in [0.2, 0.25) is 5.91 Å². The van der Waals surface area contributed by atoms with Crippen LogP contribution in [-0.2, 0) is 10.5 Å². The number of amides is 1. The molecule has 23 heavy (non-hydrogen) atoms. The summed E-state index contributed by atoms with van der Waals surface area (Å²) in [4.78, 5) is 12.0. The zero-order valence-corrected chi connectivity index (χ0v) is 13.7. The second-order valence-electron chi connectivity index (χ2n) is 5.05. The van der Waals surface area contributed by atoms with Crippen LogP contribution in [0.25, 0.3) is 0 Å². The summed E-state index contributed by atoms with van der Waals surface area (Å²) >= 11 is 7.56. The largest absolute Gasteiger partial charge is 0.469 e. The predicted molar refractivity (Wildman–Crippen MR) is 89.6 cm³/mol. The minimum Gasteiger partial charge on any atom is -0.469 e. The lowest BCUT2D eigenvalue weighted by Crippen LogP contribution is -2.30. The minimum atomic E-state index is -0.336. The Labute approximate surface area is 143 Å². The third kappa shape index (κ3) is 3.44. The number of hydrogen-bond acceptors (Lipinski definition) is 4. The number of thioether (sulfide) groups is 1. The van der Waals surface area contributed by atoms with Gasteiger partial charge in [-0.1, -0.05) is 29.8 Å². The van der Waals surface area contributed by atoms with Crippen molar-refractivity contribution in [2.45, 2.75) is 18.1 Å². The number of carbonyl (C=O) groups is 1. The first kappa shape index (κ1) is 15.7. The molecule has 1 atom stereocenters. The van der Waals surface area contributed by atoms with Crippen LogP contribution in [0.5, 0.6) is 0 Å². The van der Waals surface area contributed by atoms with Crippen LogP contribution in [-0.4, -0.2) is 5.91 Å². The van der Waals surface area contributed by atoms with E-state index in [4.69, 9.17) is 16.0 Å².